The predicted octanol–water partition coefficient (Wildman–Crippen LogP) is 2.60. The molecule has 1 aliphatic heterocycles. The van der Waals surface area contributed by atoms with E-state index in [1.165, 1.54) is 0 Å². The fourth-order valence-corrected chi connectivity index (χ4v) is 2.95. The molecule has 0 aliphatic carbocycles. The summed E-state index contributed by atoms with van der Waals surface area (Å²) >= 11 is 0. The summed E-state index contributed by atoms with van der Waals surface area (Å²) in [6.45, 7) is 7.01. The first kappa shape index (κ1) is 15.6. The van der Waals surface area contributed by atoms with Crippen molar-refractivity contribution in [2.24, 2.45) is 5.92 Å². The minimum Gasteiger partial charge on any atom is -0.384 e. The summed E-state index contributed by atoms with van der Waals surface area (Å²) in [5.74, 6) is 6.34. The van der Waals surface area contributed by atoms with Crippen LogP contribution in [-0.4, -0.2) is 35.1 Å². The zero-order chi connectivity index (χ0) is 15.4. The molecule has 21 heavy (non-hydrogen) atoms. The maximum Gasteiger partial charge on any atom is 0.254 e. The molecule has 1 aliphatic rings. The van der Waals surface area contributed by atoms with E-state index in [0.717, 1.165) is 36.1 Å². The van der Waals surface area contributed by atoms with Gasteiger partial charge in [0.25, 0.3) is 5.91 Å². The molecule has 0 spiro atoms. The molecule has 2 unspecified atom stereocenters. The lowest BCUT2D eigenvalue weighted by molar-refractivity contribution is 0.0588. The summed E-state index contributed by atoms with van der Waals surface area (Å²) in [6, 6.07) is 5.90. The van der Waals surface area contributed by atoms with Crippen LogP contribution < -0.4 is 0 Å². The third kappa shape index (κ3) is 3.65. The molecule has 1 aromatic carbocycles. The smallest absolute Gasteiger partial charge is 0.254 e. The third-order valence-corrected chi connectivity index (χ3v) is 4.17. The predicted molar refractivity (Wildman–Crippen MR) is 84.0 cm³/mol. The number of piperidine rings is 1. The van der Waals surface area contributed by atoms with Gasteiger partial charge in [-0.05, 0) is 56.4 Å². The van der Waals surface area contributed by atoms with Crippen molar-refractivity contribution < 1.29 is 9.90 Å². The topological polar surface area (TPSA) is 40.5 Å². The molecule has 0 saturated carbocycles. The standard InChI is InChI=1S/C18H23NO2/c1-13-8-9-19(15(3)11-13)18(21)17-7-6-16(5-4-10-20)14(2)12-17/h6-7,12-13,15,20H,8-11H2,1-3H3. The van der Waals surface area contributed by atoms with Gasteiger partial charge < -0.3 is 10.0 Å². The van der Waals surface area contributed by atoms with Gasteiger partial charge in [0.2, 0.25) is 0 Å². The van der Waals surface area contributed by atoms with Gasteiger partial charge in [0.1, 0.15) is 6.61 Å². The summed E-state index contributed by atoms with van der Waals surface area (Å²) < 4.78 is 0. The Morgan fingerprint density at radius 1 is 1.43 bits per heavy atom. The SMILES string of the molecule is Cc1cc(C(=O)N2CCC(C)CC2C)ccc1C#CCO. The number of aliphatic hydroxyl groups excluding tert-OH is 1. The Labute approximate surface area is 127 Å². The largest absolute Gasteiger partial charge is 0.384 e. The average Bonchev–Trinajstić information content (AvgIpc) is 2.45. The highest BCUT2D eigenvalue weighted by molar-refractivity contribution is 5.94. The highest BCUT2D eigenvalue weighted by Gasteiger charge is 2.27. The molecule has 1 fully saturated rings. The second-order valence-corrected chi connectivity index (χ2v) is 5.97. The lowest BCUT2D eigenvalue weighted by Gasteiger charge is -2.36. The van der Waals surface area contributed by atoms with Gasteiger partial charge in [-0.3, -0.25) is 4.79 Å². The van der Waals surface area contributed by atoms with E-state index in [1.54, 1.807) is 0 Å². The fourth-order valence-electron chi connectivity index (χ4n) is 2.95. The second-order valence-electron chi connectivity index (χ2n) is 5.97. The van der Waals surface area contributed by atoms with Crippen LogP contribution in [0.25, 0.3) is 0 Å². The molecule has 112 valence electrons. The molecule has 0 bridgehead atoms. The number of hydrogen-bond donors (Lipinski definition) is 1. The highest BCUT2D eigenvalue weighted by atomic mass is 16.2. The molecular weight excluding hydrogens is 262 g/mol. The number of aryl methyl sites for hydroxylation is 1. The number of amides is 1. The first-order chi connectivity index (χ1) is 10.0. The van der Waals surface area contributed by atoms with Gasteiger partial charge in [-0.25, -0.2) is 0 Å². The molecular formula is C18H23NO2. The number of likely N-dealkylation sites (tertiary alicyclic amines) is 1. The van der Waals surface area contributed by atoms with Crippen molar-refractivity contribution in [1.82, 2.24) is 4.90 Å². The van der Waals surface area contributed by atoms with Gasteiger partial charge >= 0.3 is 0 Å². The number of carbonyl (C=O) groups is 1. The molecule has 1 aromatic rings. The van der Waals surface area contributed by atoms with Crippen LogP contribution >= 0.6 is 0 Å². The number of aliphatic hydroxyl groups is 1. The Hall–Kier alpha value is -1.79. The van der Waals surface area contributed by atoms with E-state index in [2.05, 4.69) is 25.7 Å². The first-order valence-electron chi connectivity index (χ1n) is 7.54. The molecule has 1 amide bonds. The zero-order valence-corrected chi connectivity index (χ0v) is 13.0. The van der Waals surface area contributed by atoms with Crippen molar-refractivity contribution in [3.63, 3.8) is 0 Å². The number of benzene rings is 1. The molecule has 0 radical (unpaired) electrons. The molecule has 1 N–H and O–H groups in total. The van der Waals surface area contributed by atoms with E-state index in [4.69, 9.17) is 5.11 Å². The van der Waals surface area contributed by atoms with Gasteiger partial charge in [0.05, 0.1) is 0 Å². The minimum absolute atomic E-state index is 0.110. The minimum atomic E-state index is -0.149. The van der Waals surface area contributed by atoms with Crippen molar-refractivity contribution in [2.45, 2.75) is 39.7 Å². The van der Waals surface area contributed by atoms with Crippen molar-refractivity contribution in [3.8, 4) is 11.8 Å². The monoisotopic (exact) mass is 285 g/mol. The molecule has 3 nitrogen and oxygen atoms in total. The zero-order valence-electron chi connectivity index (χ0n) is 13.0. The van der Waals surface area contributed by atoms with Crippen LogP contribution in [0, 0.1) is 24.7 Å². The van der Waals surface area contributed by atoms with Crippen LogP contribution in [0.5, 0.6) is 0 Å². The lowest BCUT2D eigenvalue weighted by atomic mass is 9.92. The molecule has 1 heterocycles. The van der Waals surface area contributed by atoms with Crippen LogP contribution in [0.3, 0.4) is 0 Å². The van der Waals surface area contributed by atoms with E-state index in [9.17, 15) is 4.79 Å². The Kier molecular flexibility index (Phi) is 5.03. The molecule has 2 rings (SSSR count). The Morgan fingerprint density at radius 3 is 2.81 bits per heavy atom. The summed E-state index contributed by atoms with van der Waals surface area (Å²) in [6.07, 6.45) is 2.15. The van der Waals surface area contributed by atoms with Gasteiger partial charge in [-0.1, -0.05) is 18.8 Å². The van der Waals surface area contributed by atoms with Gasteiger partial charge in [0, 0.05) is 23.7 Å². The van der Waals surface area contributed by atoms with E-state index in [0.29, 0.717) is 12.0 Å². The van der Waals surface area contributed by atoms with E-state index in [1.807, 2.05) is 30.0 Å². The van der Waals surface area contributed by atoms with Gasteiger partial charge in [-0.15, -0.1) is 0 Å². The van der Waals surface area contributed by atoms with E-state index < -0.39 is 0 Å². The fraction of sp³-hybridized carbons (Fsp3) is 0.500. The lowest BCUT2D eigenvalue weighted by Crippen LogP contribution is -2.44. The molecule has 2 atom stereocenters. The summed E-state index contributed by atoms with van der Waals surface area (Å²) in [5, 5.41) is 8.75. The maximum atomic E-state index is 12.6. The van der Waals surface area contributed by atoms with Gasteiger partial charge in [0.15, 0.2) is 0 Å². The van der Waals surface area contributed by atoms with Crippen LogP contribution in [0.1, 0.15) is 48.2 Å². The van der Waals surface area contributed by atoms with Crippen molar-refractivity contribution in [3.05, 3.63) is 34.9 Å². The Morgan fingerprint density at radius 2 is 2.19 bits per heavy atom. The molecule has 0 aromatic heterocycles. The van der Waals surface area contributed by atoms with Crippen LogP contribution in [0.4, 0.5) is 0 Å². The van der Waals surface area contributed by atoms with Crippen molar-refractivity contribution in [1.29, 1.82) is 0 Å². The summed E-state index contributed by atoms with van der Waals surface area (Å²) in [5.41, 5.74) is 2.56. The van der Waals surface area contributed by atoms with Crippen LogP contribution in [0.2, 0.25) is 0 Å². The summed E-state index contributed by atoms with van der Waals surface area (Å²) in [4.78, 5) is 14.6. The van der Waals surface area contributed by atoms with E-state index in [-0.39, 0.29) is 12.5 Å². The highest BCUT2D eigenvalue weighted by Crippen LogP contribution is 2.24. The van der Waals surface area contributed by atoms with E-state index >= 15 is 0 Å². The van der Waals surface area contributed by atoms with Gasteiger partial charge in [-0.2, -0.15) is 0 Å². The van der Waals surface area contributed by atoms with Crippen LogP contribution in [-0.2, 0) is 0 Å². The number of carbonyl (C=O) groups excluding carboxylic acids is 1. The number of hydrogen-bond acceptors (Lipinski definition) is 2. The first-order valence-corrected chi connectivity index (χ1v) is 7.54. The normalized spacial score (nSPS) is 21.6. The average molecular weight is 285 g/mol. The second kappa shape index (κ2) is 6.78. The quantitative estimate of drug-likeness (QED) is 0.806. The Bertz CT molecular complexity index is 583. The Balaban J connectivity index is 2.18. The molecule has 1 saturated heterocycles. The maximum absolute atomic E-state index is 12.6. The van der Waals surface area contributed by atoms with Crippen molar-refractivity contribution in [2.75, 3.05) is 13.2 Å². The van der Waals surface area contributed by atoms with Crippen LogP contribution in [0.15, 0.2) is 18.2 Å². The van der Waals surface area contributed by atoms with Crippen molar-refractivity contribution >= 4 is 5.91 Å². The summed E-state index contributed by atoms with van der Waals surface area (Å²) in [7, 11) is 0. The molecule has 3 heteroatoms. The number of rotatable bonds is 1. The third-order valence-electron chi connectivity index (χ3n) is 4.17. The number of nitrogens with zero attached hydrogens (tertiary/aromatic N) is 1.